The Balaban J connectivity index is 1.74. The van der Waals surface area contributed by atoms with Crippen LogP contribution < -0.4 is 4.74 Å². The quantitative estimate of drug-likeness (QED) is 0.195. The molecule has 0 amide bonds. The molecule has 0 heterocycles. The molecule has 0 bridgehead atoms. The Kier molecular flexibility index (Phi) is 7.56. The summed E-state index contributed by atoms with van der Waals surface area (Å²) in [4.78, 5) is 0. The highest BCUT2D eigenvalue weighted by Crippen LogP contribution is 2.60. The third-order valence-electron chi connectivity index (χ3n) is 7.00. The third-order valence-corrected chi connectivity index (χ3v) is 7.00. The lowest BCUT2D eigenvalue weighted by molar-refractivity contribution is -0.228. The van der Waals surface area contributed by atoms with Crippen LogP contribution >= 0.6 is 0 Å². The molecule has 0 radical (unpaired) electrons. The fourth-order valence-electron chi connectivity index (χ4n) is 4.91. The van der Waals surface area contributed by atoms with Crippen molar-refractivity contribution in [1.29, 1.82) is 0 Å². The van der Waals surface area contributed by atoms with Crippen LogP contribution in [-0.4, -0.2) is 0 Å². The van der Waals surface area contributed by atoms with Gasteiger partial charge in [-0.1, -0.05) is 69.5 Å². The molecule has 1 nitrogen and oxygen atoms in total. The summed E-state index contributed by atoms with van der Waals surface area (Å²) >= 11 is 0. The summed E-state index contributed by atoms with van der Waals surface area (Å²) in [6.45, 7) is 4.75. The van der Waals surface area contributed by atoms with Crippen molar-refractivity contribution in [3.8, 4) is 16.9 Å². The van der Waals surface area contributed by atoms with Gasteiger partial charge in [-0.05, 0) is 53.6 Å². The molecule has 1 aliphatic carbocycles. The molecule has 0 aliphatic heterocycles. The van der Waals surface area contributed by atoms with Crippen molar-refractivity contribution in [2.45, 2.75) is 77.0 Å². The van der Waals surface area contributed by atoms with Crippen LogP contribution in [0.15, 0.2) is 48.5 Å². The van der Waals surface area contributed by atoms with Gasteiger partial charge in [0.15, 0.2) is 11.6 Å². The smallest absolute Gasteiger partial charge is 0.343 e. The van der Waals surface area contributed by atoms with Gasteiger partial charge < -0.3 is 4.74 Å². The number of rotatable bonds is 9. The molecule has 3 aromatic carbocycles. The maximum absolute atomic E-state index is 15.5. The summed E-state index contributed by atoms with van der Waals surface area (Å²) in [6.07, 6.45) is 4.33. The lowest BCUT2D eigenvalue weighted by Gasteiger charge is -2.36. The second-order valence-electron chi connectivity index (χ2n) is 9.83. The standard InChI is InChI=1S/C30H29F7O/c1-4-6-7-9-18-10-13-20(14-11-18)28(3,33)38-23-17-16-22-21-15-12-19(8-5-2)26(31)24(21)29(34,35)30(36,37)25(22)27(23)32/h10-17H,4-9H2,1-3H3. The first-order valence-electron chi connectivity index (χ1n) is 12.7. The summed E-state index contributed by atoms with van der Waals surface area (Å²) in [5.41, 5.74) is -3.43. The first kappa shape index (κ1) is 28.0. The number of hydrogen-bond donors (Lipinski definition) is 0. The van der Waals surface area contributed by atoms with E-state index in [2.05, 4.69) is 6.92 Å². The van der Waals surface area contributed by atoms with Crippen molar-refractivity contribution in [3.05, 3.63) is 88.0 Å². The number of hydrogen-bond acceptors (Lipinski definition) is 1. The van der Waals surface area contributed by atoms with Crippen LogP contribution in [0.3, 0.4) is 0 Å². The molecular weight excluding hydrogens is 509 g/mol. The number of alkyl halides is 5. The van der Waals surface area contributed by atoms with Crippen LogP contribution in [0.4, 0.5) is 30.7 Å². The first-order chi connectivity index (χ1) is 17.9. The van der Waals surface area contributed by atoms with Crippen molar-refractivity contribution >= 4 is 0 Å². The van der Waals surface area contributed by atoms with Crippen LogP contribution in [0.2, 0.25) is 0 Å². The number of ether oxygens (including phenoxy) is 1. The van der Waals surface area contributed by atoms with Gasteiger partial charge >= 0.3 is 11.8 Å². The van der Waals surface area contributed by atoms with E-state index in [0.717, 1.165) is 56.4 Å². The molecule has 1 aliphatic rings. The molecular formula is C30H29F7O. The van der Waals surface area contributed by atoms with E-state index in [1.165, 1.54) is 18.2 Å². The van der Waals surface area contributed by atoms with Gasteiger partial charge in [-0.2, -0.15) is 22.0 Å². The Morgan fingerprint density at radius 2 is 1.29 bits per heavy atom. The predicted octanol–water partition coefficient (Wildman–Crippen LogP) is 9.74. The molecule has 0 aromatic heterocycles. The minimum absolute atomic E-state index is 0.00169. The van der Waals surface area contributed by atoms with Gasteiger partial charge in [0.2, 0.25) is 0 Å². The van der Waals surface area contributed by atoms with Crippen molar-refractivity contribution in [1.82, 2.24) is 0 Å². The minimum atomic E-state index is -5.11. The van der Waals surface area contributed by atoms with E-state index < -0.39 is 57.3 Å². The van der Waals surface area contributed by atoms with Crippen LogP contribution in [0.25, 0.3) is 11.1 Å². The number of unbranched alkanes of at least 4 members (excludes halogenated alkanes) is 2. The van der Waals surface area contributed by atoms with Gasteiger partial charge in [0.05, 0.1) is 11.1 Å². The molecule has 0 saturated heterocycles. The fraction of sp³-hybridized carbons (Fsp3) is 0.400. The topological polar surface area (TPSA) is 9.23 Å². The SMILES string of the molecule is CCCCCc1ccc(C(C)(F)Oc2ccc3c(c2F)C(F)(F)C(F)(F)c2c-3ccc(CCC)c2F)cc1. The number of aryl methyl sites for hydroxylation is 2. The lowest BCUT2D eigenvalue weighted by atomic mass is 9.78. The summed E-state index contributed by atoms with van der Waals surface area (Å²) in [7, 11) is 0. The zero-order chi connectivity index (χ0) is 27.9. The third kappa shape index (κ3) is 4.67. The first-order valence-corrected chi connectivity index (χ1v) is 12.7. The monoisotopic (exact) mass is 538 g/mol. The molecule has 1 atom stereocenters. The second-order valence-corrected chi connectivity index (χ2v) is 9.83. The summed E-state index contributed by atoms with van der Waals surface area (Å²) in [6, 6.07) is 10.4. The van der Waals surface area contributed by atoms with Crippen molar-refractivity contribution < 1.29 is 35.5 Å². The Hall–Kier alpha value is -3.03. The van der Waals surface area contributed by atoms with Gasteiger partial charge in [-0.3, -0.25) is 0 Å². The van der Waals surface area contributed by atoms with E-state index >= 15 is 26.3 Å². The van der Waals surface area contributed by atoms with E-state index in [-0.39, 0.29) is 17.5 Å². The summed E-state index contributed by atoms with van der Waals surface area (Å²) in [5, 5.41) is 0. The van der Waals surface area contributed by atoms with Gasteiger partial charge in [-0.25, -0.2) is 8.78 Å². The molecule has 4 rings (SSSR count). The maximum Gasteiger partial charge on any atom is 0.343 e. The molecule has 0 spiro atoms. The van der Waals surface area contributed by atoms with E-state index in [9.17, 15) is 4.39 Å². The highest BCUT2D eigenvalue weighted by atomic mass is 19.3. The molecule has 3 aromatic rings. The fourth-order valence-corrected chi connectivity index (χ4v) is 4.91. The maximum atomic E-state index is 15.5. The second kappa shape index (κ2) is 10.3. The Morgan fingerprint density at radius 1 is 0.711 bits per heavy atom. The average Bonchev–Trinajstić information content (AvgIpc) is 2.85. The van der Waals surface area contributed by atoms with Crippen LogP contribution in [0.5, 0.6) is 5.75 Å². The van der Waals surface area contributed by atoms with Gasteiger partial charge in [0, 0.05) is 12.5 Å². The van der Waals surface area contributed by atoms with Crippen molar-refractivity contribution in [2.75, 3.05) is 0 Å². The van der Waals surface area contributed by atoms with Crippen molar-refractivity contribution in [2.24, 2.45) is 0 Å². The van der Waals surface area contributed by atoms with Crippen LogP contribution in [0, 0.1) is 11.6 Å². The normalized spacial score (nSPS) is 16.9. The lowest BCUT2D eigenvalue weighted by Crippen LogP contribution is -2.41. The minimum Gasteiger partial charge on any atom is -0.451 e. The van der Waals surface area contributed by atoms with E-state index in [4.69, 9.17) is 4.74 Å². The molecule has 204 valence electrons. The van der Waals surface area contributed by atoms with Gasteiger partial charge in [0.1, 0.15) is 5.82 Å². The van der Waals surface area contributed by atoms with E-state index in [1.807, 2.05) is 0 Å². The zero-order valence-corrected chi connectivity index (χ0v) is 21.4. The number of benzene rings is 3. The molecule has 0 fully saturated rings. The summed E-state index contributed by atoms with van der Waals surface area (Å²) < 4.78 is 112. The van der Waals surface area contributed by atoms with Crippen LogP contribution in [-0.2, 0) is 30.5 Å². The molecule has 38 heavy (non-hydrogen) atoms. The van der Waals surface area contributed by atoms with E-state index in [1.54, 1.807) is 19.1 Å². The Labute approximate surface area is 217 Å². The largest absolute Gasteiger partial charge is 0.451 e. The Morgan fingerprint density at radius 3 is 1.87 bits per heavy atom. The zero-order valence-electron chi connectivity index (χ0n) is 21.4. The van der Waals surface area contributed by atoms with Crippen LogP contribution in [0.1, 0.15) is 74.3 Å². The predicted molar refractivity (Wildman–Crippen MR) is 132 cm³/mol. The molecule has 8 heteroatoms. The highest BCUT2D eigenvalue weighted by molar-refractivity contribution is 5.77. The van der Waals surface area contributed by atoms with Crippen molar-refractivity contribution in [3.63, 3.8) is 0 Å². The number of halogens is 7. The van der Waals surface area contributed by atoms with Gasteiger partial charge in [-0.15, -0.1) is 0 Å². The summed E-state index contributed by atoms with van der Waals surface area (Å²) in [5.74, 6) is -17.0. The molecule has 0 saturated carbocycles. The highest BCUT2D eigenvalue weighted by Gasteiger charge is 2.65. The Bertz CT molecular complexity index is 1310. The molecule has 1 unspecified atom stereocenters. The molecule has 0 N–H and O–H groups in total. The van der Waals surface area contributed by atoms with Gasteiger partial charge in [0.25, 0.3) is 5.85 Å². The number of fused-ring (bicyclic) bond motifs is 3. The van der Waals surface area contributed by atoms with E-state index in [0.29, 0.717) is 6.42 Å². The average molecular weight is 539 g/mol.